The maximum atomic E-state index is 13.0. The number of para-hydroxylation sites is 1. The molecule has 0 bridgehead atoms. The Balaban J connectivity index is 1.57. The van der Waals surface area contributed by atoms with Gasteiger partial charge in [0.15, 0.2) is 0 Å². The third-order valence-electron chi connectivity index (χ3n) is 7.44. The van der Waals surface area contributed by atoms with Crippen LogP contribution in [0.5, 0.6) is 0 Å². The van der Waals surface area contributed by atoms with Gasteiger partial charge in [-0.05, 0) is 49.1 Å². The van der Waals surface area contributed by atoms with Crippen LogP contribution in [0.1, 0.15) is 69.8 Å². The van der Waals surface area contributed by atoms with Crippen molar-refractivity contribution in [3.8, 4) is 0 Å². The predicted molar refractivity (Wildman–Crippen MR) is 123 cm³/mol. The number of fused-ring (bicyclic) bond motifs is 1. The van der Waals surface area contributed by atoms with E-state index in [9.17, 15) is 4.79 Å². The fourth-order valence-electron chi connectivity index (χ4n) is 5.74. The standard InChI is InChI=1S/C26H38N2O2/c1-30-26(29)25(16-22-17-27-24-15-9-8-14-23(22)24)28(18-20-10-4-2-5-11-20)19-21-12-6-3-7-13-21/h8-9,14-15,17,20-21,25,27H,2-7,10-13,16,18-19H2,1H3/t25-/m0/s1. The average molecular weight is 411 g/mol. The molecule has 2 fully saturated rings. The molecule has 1 N–H and O–H groups in total. The zero-order valence-corrected chi connectivity index (χ0v) is 18.6. The molecule has 1 heterocycles. The largest absolute Gasteiger partial charge is 0.468 e. The first-order valence-corrected chi connectivity index (χ1v) is 12.1. The van der Waals surface area contributed by atoms with E-state index in [1.54, 1.807) is 7.11 Å². The van der Waals surface area contributed by atoms with Crippen LogP contribution in [-0.2, 0) is 16.0 Å². The first-order chi connectivity index (χ1) is 14.7. The van der Waals surface area contributed by atoms with E-state index in [0.717, 1.165) is 36.9 Å². The van der Waals surface area contributed by atoms with Gasteiger partial charge in [0.2, 0.25) is 0 Å². The second kappa shape index (κ2) is 10.5. The van der Waals surface area contributed by atoms with Gasteiger partial charge in [-0.15, -0.1) is 0 Å². The van der Waals surface area contributed by atoms with Crippen LogP contribution in [0.25, 0.3) is 10.9 Å². The lowest BCUT2D eigenvalue weighted by Crippen LogP contribution is -2.48. The normalized spacial score (nSPS) is 19.9. The Morgan fingerprint density at radius 3 is 2.20 bits per heavy atom. The van der Waals surface area contributed by atoms with Crippen LogP contribution in [0.3, 0.4) is 0 Å². The van der Waals surface area contributed by atoms with Crippen molar-refractivity contribution >= 4 is 16.9 Å². The highest BCUT2D eigenvalue weighted by Crippen LogP contribution is 2.30. The summed E-state index contributed by atoms with van der Waals surface area (Å²) in [7, 11) is 1.55. The minimum Gasteiger partial charge on any atom is -0.468 e. The van der Waals surface area contributed by atoms with E-state index in [2.05, 4.69) is 40.3 Å². The second-order valence-corrected chi connectivity index (χ2v) is 9.56. The maximum Gasteiger partial charge on any atom is 0.323 e. The topological polar surface area (TPSA) is 45.3 Å². The highest BCUT2D eigenvalue weighted by molar-refractivity contribution is 5.84. The summed E-state index contributed by atoms with van der Waals surface area (Å²) in [4.78, 5) is 18.9. The van der Waals surface area contributed by atoms with E-state index in [1.807, 2.05) is 0 Å². The minimum atomic E-state index is -0.196. The summed E-state index contributed by atoms with van der Waals surface area (Å²) in [6, 6.07) is 8.20. The zero-order chi connectivity index (χ0) is 20.8. The van der Waals surface area contributed by atoms with Gasteiger partial charge in [-0.3, -0.25) is 9.69 Å². The van der Waals surface area contributed by atoms with Gasteiger partial charge in [-0.1, -0.05) is 56.7 Å². The van der Waals surface area contributed by atoms with E-state index in [4.69, 9.17) is 4.74 Å². The van der Waals surface area contributed by atoms with Crippen molar-refractivity contribution in [2.45, 2.75) is 76.7 Å². The van der Waals surface area contributed by atoms with E-state index in [0.29, 0.717) is 0 Å². The van der Waals surface area contributed by atoms with Crippen molar-refractivity contribution in [3.05, 3.63) is 36.0 Å². The molecule has 4 rings (SSSR count). The average Bonchev–Trinajstić information content (AvgIpc) is 3.21. The molecule has 4 nitrogen and oxygen atoms in total. The first-order valence-electron chi connectivity index (χ1n) is 12.1. The number of aromatic nitrogens is 1. The quantitative estimate of drug-likeness (QED) is 0.567. The number of methoxy groups -OCH3 is 1. The van der Waals surface area contributed by atoms with Crippen LogP contribution >= 0.6 is 0 Å². The minimum absolute atomic E-state index is 0.0769. The van der Waals surface area contributed by atoms with E-state index in [1.165, 1.54) is 75.2 Å². The number of nitrogens with zero attached hydrogens (tertiary/aromatic N) is 1. The molecule has 2 aliphatic carbocycles. The number of hydrogen-bond acceptors (Lipinski definition) is 3. The molecule has 2 aromatic rings. The summed E-state index contributed by atoms with van der Waals surface area (Å²) < 4.78 is 5.34. The van der Waals surface area contributed by atoms with Gasteiger partial charge in [0, 0.05) is 36.6 Å². The number of benzene rings is 1. The first kappa shape index (κ1) is 21.4. The lowest BCUT2D eigenvalue weighted by Gasteiger charge is -2.37. The number of ether oxygens (including phenoxy) is 1. The molecule has 0 spiro atoms. The SMILES string of the molecule is COC(=O)[C@H](Cc1c[nH]c2ccccc12)N(CC1CCCCC1)CC1CCCCC1. The summed E-state index contributed by atoms with van der Waals surface area (Å²) in [5, 5.41) is 1.22. The lowest BCUT2D eigenvalue weighted by atomic mass is 9.86. The van der Waals surface area contributed by atoms with Gasteiger partial charge in [0.25, 0.3) is 0 Å². The number of esters is 1. The molecule has 0 aliphatic heterocycles. The third-order valence-corrected chi connectivity index (χ3v) is 7.44. The molecular weight excluding hydrogens is 372 g/mol. The van der Waals surface area contributed by atoms with Gasteiger partial charge in [0.05, 0.1) is 7.11 Å². The zero-order valence-electron chi connectivity index (χ0n) is 18.6. The number of carbonyl (C=O) groups is 1. The van der Waals surface area contributed by atoms with E-state index in [-0.39, 0.29) is 12.0 Å². The van der Waals surface area contributed by atoms with Gasteiger partial charge in [0.1, 0.15) is 6.04 Å². The second-order valence-electron chi connectivity index (χ2n) is 9.56. The molecule has 0 unspecified atom stereocenters. The summed E-state index contributed by atoms with van der Waals surface area (Å²) in [6.45, 7) is 2.08. The van der Waals surface area contributed by atoms with Crippen molar-refractivity contribution in [2.75, 3.05) is 20.2 Å². The van der Waals surface area contributed by atoms with Crippen molar-refractivity contribution in [1.29, 1.82) is 0 Å². The van der Waals surface area contributed by atoms with Gasteiger partial charge in [-0.25, -0.2) is 0 Å². The van der Waals surface area contributed by atoms with Gasteiger partial charge in [-0.2, -0.15) is 0 Å². The van der Waals surface area contributed by atoms with E-state index < -0.39 is 0 Å². The fourth-order valence-corrected chi connectivity index (χ4v) is 5.74. The van der Waals surface area contributed by atoms with Crippen LogP contribution in [0.15, 0.2) is 30.5 Å². The van der Waals surface area contributed by atoms with Crippen molar-refractivity contribution in [3.63, 3.8) is 0 Å². The number of hydrogen-bond donors (Lipinski definition) is 1. The Bertz CT molecular complexity index is 782. The van der Waals surface area contributed by atoms with E-state index >= 15 is 0 Å². The summed E-state index contributed by atoms with van der Waals surface area (Å²) in [6.07, 6.45) is 16.1. The number of carbonyl (C=O) groups excluding carboxylic acids is 1. The Labute approximate surface area is 181 Å². The summed E-state index contributed by atoms with van der Waals surface area (Å²) >= 11 is 0. The highest BCUT2D eigenvalue weighted by Gasteiger charge is 2.32. The van der Waals surface area contributed by atoms with Crippen molar-refractivity contribution < 1.29 is 9.53 Å². The molecular formula is C26H38N2O2. The Kier molecular flexibility index (Phi) is 7.48. The number of H-pyrrole nitrogens is 1. The number of nitrogens with one attached hydrogen (secondary N) is 1. The van der Waals surface area contributed by atoms with Crippen LogP contribution in [0.2, 0.25) is 0 Å². The van der Waals surface area contributed by atoms with Crippen LogP contribution in [0, 0.1) is 11.8 Å². The molecule has 30 heavy (non-hydrogen) atoms. The van der Waals surface area contributed by atoms with Crippen LogP contribution in [-0.4, -0.2) is 42.1 Å². The monoisotopic (exact) mass is 410 g/mol. The van der Waals surface area contributed by atoms with Crippen LogP contribution in [0.4, 0.5) is 0 Å². The molecule has 1 atom stereocenters. The smallest absolute Gasteiger partial charge is 0.323 e. The van der Waals surface area contributed by atoms with Crippen molar-refractivity contribution in [1.82, 2.24) is 9.88 Å². The molecule has 0 saturated heterocycles. The molecule has 2 saturated carbocycles. The van der Waals surface area contributed by atoms with Gasteiger partial charge >= 0.3 is 5.97 Å². The highest BCUT2D eigenvalue weighted by atomic mass is 16.5. The lowest BCUT2D eigenvalue weighted by molar-refractivity contribution is -0.147. The maximum absolute atomic E-state index is 13.0. The molecule has 4 heteroatoms. The summed E-state index contributed by atoms with van der Waals surface area (Å²) in [5.41, 5.74) is 2.36. The van der Waals surface area contributed by atoms with Crippen molar-refractivity contribution in [2.24, 2.45) is 11.8 Å². The van der Waals surface area contributed by atoms with Gasteiger partial charge < -0.3 is 9.72 Å². The predicted octanol–water partition coefficient (Wildman–Crippen LogP) is 5.71. The Hall–Kier alpha value is -1.81. The Morgan fingerprint density at radius 2 is 1.60 bits per heavy atom. The van der Waals surface area contributed by atoms with Crippen LogP contribution < -0.4 is 0 Å². The summed E-state index contributed by atoms with van der Waals surface area (Å²) in [5.74, 6) is 1.36. The molecule has 2 aliphatic rings. The third kappa shape index (κ3) is 5.26. The Morgan fingerprint density at radius 1 is 1.00 bits per heavy atom. The fraction of sp³-hybridized carbons (Fsp3) is 0.654. The number of rotatable bonds is 8. The molecule has 1 aromatic carbocycles. The number of aromatic amines is 1. The molecule has 1 aromatic heterocycles. The molecule has 0 amide bonds. The molecule has 164 valence electrons. The molecule has 0 radical (unpaired) electrons.